The number of carbonyl (C=O) groups excluding carboxylic acids is 2. The number of nitrogens with one attached hydrogen (secondary N) is 1. The molecule has 0 fully saturated rings. The van der Waals surface area contributed by atoms with Crippen LogP contribution in [0.3, 0.4) is 0 Å². The number of fused-ring (bicyclic) bond motifs is 1. The van der Waals surface area contributed by atoms with Gasteiger partial charge in [-0.25, -0.2) is 0 Å². The van der Waals surface area contributed by atoms with Crippen molar-refractivity contribution in [1.82, 2.24) is 4.90 Å². The molecule has 3 rings (SSSR count). The molecule has 0 aliphatic carbocycles. The molecule has 0 aromatic heterocycles. The fourth-order valence-corrected chi connectivity index (χ4v) is 2.79. The van der Waals surface area contributed by atoms with Crippen molar-refractivity contribution < 1.29 is 19.1 Å². The lowest BCUT2D eigenvalue weighted by Gasteiger charge is -2.21. The molecule has 150 valence electrons. The summed E-state index contributed by atoms with van der Waals surface area (Å²) in [5, 5.41) is 2.80. The van der Waals surface area contributed by atoms with Crippen molar-refractivity contribution in [1.29, 1.82) is 0 Å². The van der Waals surface area contributed by atoms with Crippen LogP contribution in [-0.2, 0) is 11.3 Å². The van der Waals surface area contributed by atoms with Crippen molar-refractivity contribution in [2.75, 3.05) is 31.6 Å². The molecule has 8 heteroatoms. The number of hydrogen-bond acceptors (Lipinski definition) is 5. The monoisotopic (exact) mass is 405 g/mol. The van der Waals surface area contributed by atoms with Crippen LogP contribution in [0.5, 0.6) is 11.5 Å². The molecule has 28 heavy (non-hydrogen) atoms. The zero-order valence-electron chi connectivity index (χ0n) is 15.6. The second kappa shape index (κ2) is 9.96. The van der Waals surface area contributed by atoms with Crippen LogP contribution in [-0.4, -0.2) is 43.0 Å². The van der Waals surface area contributed by atoms with Crippen LogP contribution in [0.2, 0.25) is 0 Å². The van der Waals surface area contributed by atoms with Crippen molar-refractivity contribution in [3.63, 3.8) is 0 Å². The minimum absolute atomic E-state index is 0. The Morgan fingerprint density at radius 1 is 1.07 bits per heavy atom. The summed E-state index contributed by atoms with van der Waals surface area (Å²) in [6, 6.07) is 12.3. The molecule has 2 aromatic rings. The summed E-state index contributed by atoms with van der Waals surface area (Å²) in [6.07, 6.45) is 0. The second-order valence-corrected chi connectivity index (χ2v) is 6.13. The van der Waals surface area contributed by atoms with Gasteiger partial charge in [0.05, 0.1) is 0 Å². The number of hydrogen-bond donors (Lipinski definition) is 2. The summed E-state index contributed by atoms with van der Waals surface area (Å²) in [4.78, 5) is 26.5. The Kier molecular flexibility index (Phi) is 7.66. The van der Waals surface area contributed by atoms with Gasteiger partial charge in [0.15, 0.2) is 11.5 Å². The SMILES string of the molecule is CCN(CC(=O)Nc1ccc2c(c1)OCCO2)C(=O)c1ccc(CN)cc1.Cl. The van der Waals surface area contributed by atoms with Crippen molar-refractivity contribution in [3.05, 3.63) is 53.6 Å². The van der Waals surface area contributed by atoms with E-state index in [4.69, 9.17) is 15.2 Å². The van der Waals surface area contributed by atoms with Gasteiger partial charge in [-0.2, -0.15) is 0 Å². The minimum atomic E-state index is -0.277. The molecule has 0 saturated heterocycles. The van der Waals surface area contributed by atoms with Crippen molar-refractivity contribution in [3.8, 4) is 11.5 Å². The third-order valence-corrected chi connectivity index (χ3v) is 4.27. The molecule has 0 unspecified atom stereocenters. The molecule has 0 saturated carbocycles. The van der Waals surface area contributed by atoms with E-state index >= 15 is 0 Å². The van der Waals surface area contributed by atoms with Gasteiger partial charge in [0.1, 0.15) is 19.8 Å². The lowest BCUT2D eigenvalue weighted by atomic mass is 10.1. The summed E-state index contributed by atoms with van der Waals surface area (Å²) >= 11 is 0. The van der Waals surface area contributed by atoms with Gasteiger partial charge < -0.3 is 25.4 Å². The van der Waals surface area contributed by atoms with Crippen LogP contribution < -0.4 is 20.5 Å². The minimum Gasteiger partial charge on any atom is -0.486 e. The fraction of sp³-hybridized carbons (Fsp3) is 0.300. The zero-order valence-corrected chi connectivity index (χ0v) is 16.5. The van der Waals surface area contributed by atoms with Gasteiger partial charge in [-0.3, -0.25) is 9.59 Å². The van der Waals surface area contributed by atoms with Gasteiger partial charge in [-0.15, -0.1) is 12.4 Å². The summed E-state index contributed by atoms with van der Waals surface area (Å²) < 4.78 is 11.0. The molecule has 3 N–H and O–H groups in total. The fourth-order valence-electron chi connectivity index (χ4n) is 2.79. The summed E-state index contributed by atoms with van der Waals surface area (Å²) in [5.74, 6) is 0.784. The van der Waals surface area contributed by atoms with Gasteiger partial charge in [-0.05, 0) is 36.8 Å². The van der Waals surface area contributed by atoms with Gasteiger partial charge in [0, 0.05) is 30.4 Å². The molecule has 0 atom stereocenters. The molecule has 0 bridgehead atoms. The maximum atomic E-state index is 12.6. The number of benzene rings is 2. The van der Waals surface area contributed by atoms with Gasteiger partial charge in [0.25, 0.3) is 5.91 Å². The Labute approximate surface area is 170 Å². The van der Waals surface area contributed by atoms with E-state index < -0.39 is 0 Å². The number of ether oxygens (including phenoxy) is 2. The highest BCUT2D eigenvalue weighted by Gasteiger charge is 2.18. The summed E-state index contributed by atoms with van der Waals surface area (Å²) in [7, 11) is 0. The van der Waals surface area contributed by atoms with Crippen LogP contribution in [0.15, 0.2) is 42.5 Å². The molecule has 7 nitrogen and oxygen atoms in total. The molecule has 2 aromatic carbocycles. The Morgan fingerprint density at radius 2 is 1.75 bits per heavy atom. The Morgan fingerprint density at radius 3 is 2.39 bits per heavy atom. The summed E-state index contributed by atoms with van der Waals surface area (Å²) in [6.45, 7) is 3.63. The third kappa shape index (κ3) is 5.15. The molecule has 1 aliphatic heterocycles. The third-order valence-electron chi connectivity index (χ3n) is 4.27. The first-order chi connectivity index (χ1) is 13.1. The van der Waals surface area contributed by atoms with E-state index in [-0.39, 0.29) is 30.8 Å². The van der Waals surface area contributed by atoms with Gasteiger partial charge in [0.2, 0.25) is 5.91 Å². The predicted octanol–water partition coefficient (Wildman–Crippen LogP) is 2.44. The van der Waals surface area contributed by atoms with Crippen molar-refractivity contribution in [2.45, 2.75) is 13.5 Å². The van der Waals surface area contributed by atoms with E-state index in [1.807, 2.05) is 19.1 Å². The summed E-state index contributed by atoms with van der Waals surface area (Å²) in [5.41, 5.74) is 7.65. The Bertz CT molecular complexity index is 827. The molecule has 1 heterocycles. The molecular weight excluding hydrogens is 382 g/mol. The van der Waals surface area contributed by atoms with Crippen LogP contribution in [0.25, 0.3) is 0 Å². The number of nitrogens with zero attached hydrogens (tertiary/aromatic N) is 1. The first-order valence-corrected chi connectivity index (χ1v) is 8.88. The number of rotatable bonds is 6. The first kappa shape index (κ1) is 21.5. The van der Waals surface area contributed by atoms with Gasteiger partial charge in [-0.1, -0.05) is 12.1 Å². The highest BCUT2D eigenvalue weighted by molar-refractivity contribution is 5.99. The van der Waals surface area contributed by atoms with Crippen molar-refractivity contribution >= 4 is 29.9 Å². The standard InChI is InChI=1S/C20H23N3O4.ClH/c1-2-23(20(25)15-5-3-14(12-21)4-6-15)13-19(24)22-16-7-8-17-18(11-16)27-10-9-26-17;/h3-8,11H,2,9-10,12-13,21H2,1H3,(H,22,24);1H. The highest BCUT2D eigenvalue weighted by atomic mass is 35.5. The topological polar surface area (TPSA) is 93.9 Å². The molecule has 1 aliphatic rings. The normalized spacial score (nSPS) is 11.9. The lowest BCUT2D eigenvalue weighted by molar-refractivity contribution is -0.116. The van der Waals surface area contributed by atoms with Crippen LogP contribution in [0.1, 0.15) is 22.8 Å². The van der Waals surface area contributed by atoms with Gasteiger partial charge >= 0.3 is 0 Å². The van der Waals surface area contributed by atoms with Crippen molar-refractivity contribution in [2.24, 2.45) is 5.73 Å². The number of carbonyl (C=O) groups is 2. The van der Waals surface area contributed by atoms with E-state index in [0.717, 1.165) is 5.56 Å². The smallest absolute Gasteiger partial charge is 0.254 e. The quantitative estimate of drug-likeness (QED) is 0.769. The van der Waals surface area contributed by atoms with Crippen LogP contribution >= 0.6 is 12.4 Å². The number of likely N-dealkylation sites (N-methyl/N-ethyl adjacent to an activating group) is 1. The molecule has 0 radical (unpaired) electrons. The lowest BCUT2D eigenvalue weighted by Crippen LogP contribution is -2.37. The van der Waals surface area contributed by atoms with E-state index in [2.05, 4.69) is 5.32 Å². The Balaban J connectivity index is 0.00000280. The largest absolute Gasteiger partial charge is 0.486 e. The Hall–Kier alpha value is -2.77. The predicted molar refractivity (Wildman–Crippen MR) is 109 cm³/mol. The van der Waals surface area contributed by atoms with E-state index in [0.29, 0.717) is 49.1 Å². The van der Waals surface area contributed by atoms with Crippen LogP contribution in [0.4, 0.5) is 5.69 Å². The molecule has 2 amide bonds. The first-order valence-electron chi connectivity index (χ1n) is 8.88. The number of amides is 2. The van der Waals surface area contributed by atoms with E-state index in [1.165, 1.54) is 4.90 Å². The number of anilines is 1. The van der Waals surface area contributed by atoms with E-state index in [9.17, 15) is 9.59 Å². The zero-order chi connectivity index (χ0) is 19.2. The maximum absolute atomic E-state index is 12.6. The number of halogens is 1. The average molecular weight is 406 g/mol. The highest BCUT2D eigenvalue weighted by Crippen LogP contribution is 2.32. The maximum Gasteiger partial charge on any atom is 0.254 e. The molecule has 0 spiro atoms. The van der Waals surface area contributed by atoms with E-state index in [1.54, 1.807) is 30.3 Å². The second-order valence-electron chi connectivity index (χ2n) is 6.13. The molecular formula is C20H24ClN3O4. The average Bonchev–Trinajstić information content (AvgIpc) is 2.71. The number of nitrogens with two attached hydrogens (primary N) is 1. The van der Waals surface area contributed by atoms with Crippen LogP contribution in [0, 0.1) is 0 Å².